The van der Waals surface area contributed by atoms with Crippen molar-refractivity contribution in [2.45, 2.75) is 0 Å². The number of hydrogen-bond donors (Lipinski definition) is 0. The highest BCUT2D eigenvalue weighted by Gasteiger charge is 2.08. The van der Waals surface area contributed by atoms with Crippen molar-refractivity contribution in [3.8, 4) is 23.0 Å². The van der Waals surface area contributed by atoms with Crippen molar-refractivity contribution < 1.29 is 28.5 Å². The molecule has 0 spiro atoms. The molecular formula is C28H26O6. The molecule has 0 unspecified atom stereocenters. The minimum Gasteiger partial charge on any atom is -0.493 e. The van der Waals surface area contributed by atoms with Crippen LogP contribution < -0.4 is 18.9 Å². The van der Waals surface area contributed by atoms with Crippen LogP contribution in [0.5, 0.6) is 23.0 Å². The fourth-order valence-electron chi connectivity index (χ4n) is 3.25. The highest BCUT2D eigenvalue weighted by Crippen LogP contribution is 2.29. The second-order valence-electron chi connectivity index (χ2n) is 7.20. The standard InChI is InChI=1S/C28H26O6/c1-31-25-15-7-19(17-27(25)33-3)5-13-23(29)21-9-11-22(12-10-21)24(30)14-6-20-8-16-26(32-2)28(18-20)34-4/h5-18H,1-4H3/b13-5+,14-6+. The van der Waals surface area contributed by atoms with Gasteiger partial charge in [-0.25, -0.2) is 0 Å². The van der Waals surface area contributed by atoms with Gasteiger partial charge in [0.05, 0.1) is 28.4 Å². The van der Waals surface area contributed by atoms with E-state index in [-0.39, 0.29) is 11.6 Å². The zero-order valence-corrected chi connectivity index (χ0v) is 19.5. The van der Waals surface area contributed by atoms with Gasteiger partial charge in [-0.05, 0) is 47.5 Å². The summed E-state index contributed by atoms with van der Waals surface area (Å²) < 4.78 is 21.0. The van der Waals surface area contributed by atoms with E-state index in [1.807, 2.05) is 12.1 Å². The van der Waals surface area contributed by atoms with Gasteiger partial charge in [0.25, 0.3) is 0 Å². The van der Waals surface area contributed by atoms with E-state index in [0.717, 1.165) is 11.1 Å². The van der Waals surface area contributed by atoms with Gasteiger partial charge >= 0.3 is 0 Å². The normalized spacial score (nSPS) is 10.9. The molecule has 34 heavy (non-hydrogen) atoms. The Hall–Kier alpha value is -4.32. The highest BCUT2D eigenvalue weighted by molar-refractivity contribution is 6.09. The summed E-state index contributed by atoms with van der Waals surface area (Å²) >= 11 is 0. The largest absolute Gasteiger partial charge is 0.493 e. The van der Waals surface area contributed by atoms with Crippen molar-refractivity contribution in [2.24, 2.45) is 0 Å². The van der Waals surface area contributed by atoms with Crippen LogP contribution in [0.3, 0.4) is 0 Å². The molecule has 0 saturated carbocycles. The summed E-state index contributed by atoms with van der Waals surface area (Å²) in [5.41, 5.74) is 2.57. The van der Waals surface area contributed by atoms with Crippen LogP contribution in [0.25, 0.3) is 12.2 Å². The third-order valence-corrected chi connectivity index (χ3v) is 5.12. The number of ketones is 2. The molecule has 0 amide bonds. The third kappa shape index (κ3) is 5.92. The van der Waals surface area contributed by atoms with Crippen molar-refractivity contribution in [3.05, 3.63) is 95.1 Å². The Morgan fingerprint density at radius 3 is 1.21 bits per heavy atom. The van der Waals surface area contributed by atoms with Gasteiger partial charge in [0.2, 0.25) is 0 Å². The fraction of sp³-hybridized carbons (Fsp3) is 0.143. The molecule has 3 aromatic carbocycles. The first kappa shape index (κ1) is 24.3. The van der Waals surface area contributed by atoms with Gasteiger partial charge in [0.1, 0.15) is 0 Å². The predicted molar refractivity (Wildman–Crippen MR) is 132 cm³/mol. The van der Waals surface area contributed by atoms with Crippen molar-refractivity contribution in [3.63, 3.8) is 0 Å². The number of allylic oxidation sites excluding steroid dienone is 2. The van der Waals surface area contributed by atoms with Gasteiger partial charge in [-0.2, -0.15) is 0 Å². The molecule has 0 aliphatic carbocycles. The zero-order chi connectivity index (χ0) is 24.5. The number of carbonyl (C=O) groups excluding carboxylic acids is 2. The van der Waals surface area contributed by atoms with Crippen molar-refractivity contribution in [1.29, 1.82) is 0 Å². The summed E-state index contributed by atoms with van der Waals surface area (Å²) in [7, 11) is 6.25. The topological polar surface area (TPSA) is 71.1 Å². The Bertz CT molecular complexity index is 1130. The molecule has 0 radical (unpaired) electrons. The maximum atomic E-state index is 12.5. The van der Waals surface area contributed by atoms with Crippen LogP contribution in [-0.2, 0) is 0 Å². The molecule has 174 valence electrons. The Kier molecular flexibility index (Phi) is 8.24. The summed E-state index contributed by atoms with van der Waals surface area (Å²) in [5, 5.41) is 0. The lowest BCUT2D eigenvalue weighted by Gasteiger charge is -2.07. The van der Waals surface area contributed by atoms with Gasteiger partial charge in [0, 0.05) is 11.1 Å². The van der Waals surface area contributed by atoms with E-state index in [0.29, 0.717) is 34.1 Å². The monoisotopic (exact) mass is 458 g/mol. The molecule has 0 fully saturated rings. The summed E-state index contributed by atoms with van der Waals surface area (Å²) in [5.74, 6) is 2.06. The van der Waals surface area contributed by atoms with Crippen LogP contribution in [-0.4, -0.2) is 40.0 Å². The molecule has 0 atom stereocenters. The number of carbonyl (C=O) groups is 2. The second-order valence-corrected chi connectivity index (χ2v) is 7.20. The molecule has 0 aliphatic heterocycles. The van der Waals surface area contributed by atoms with E-state index in [2.05, 4.69) is 0 Å². The molecule has 3 aromatic rings. The molecule has 0 saturated heterocycles. The molecule has 6 heteroatoms. The quantitative estimate of drug-likeness (QED) is 0.295. The number of rotatable bonds is 10. The van der Waals surface area contributed by atoms with Crippen LogP contribution in [0.1, 0.15) is 31.8 Å². The van der Waals surface area contributed by atoms with E-state index >= 15 is 0 Å². The maximum absolute atomic E-state index is 12.5. The Morgan fingerprint density at radius 1 is 0.529 bits per heavy atom. The van der Waals surface area contributed by atoms with E-state index in [1.54, 1.807) is 89.1 Å². The Balaban J connectivity index is 1.67. The smallest absolute Gasteiger partial charge is 0.185 e. The lowest BCUT2D eigenvalue weighted by atomic mass is 10.0. The van der Waals surface area contributed by atoms with E-state index in [1.165, 1.54) is 12.2 Å². The number of methoxy groups -OCH3 is 4. The van der Waals surface area contributed by atoms with Gasteiger partial charge in [-0.15, -0.1) is 0 Å². The minimum atomic E-state index is -0.172. The van der Waals surface area contributed by atoms with Crippen molar-refractivity contribution in [2.75, 3.05) is 28.4 Å². The van der Waals surface area contributed by atoms with Crippen molar-refractivity contribution in [1.82, 2.24) is 0 Å². The lowest BCUT2D eigenvalue weighted by Crippen LogP contribution is -1.98. The summed E-state index contributed by atoms with van der Waals surface area (Å²) in [6.07, 6.45) is 6.37. The van der Waals surface area contributed by atoms with E-state index in [4.69, 9.17) is 18.9 Å². The van der Waals surface area contributed by atoms with E-state index in [9.17, 15) is 9.59 Å². The summed E-state index contributed by atoms with van der Waals surface area (Å²) in [4.78, 5) is 25.1. The fourth-order valence-corrected chi connectivity index (χ4v) is 3.25. The van der Waals surface area contributed by atoms with Crippen LogP contribution in [0, 0.1) is 0 Å². The van der Waals surface area contributed by atoms with Gasteiger partial charge in [-0.3, -0.25) is 9.59 Å². The molecule has 0 aliphatic rings. The average molecular weight is 459 g/mol. The first-order chi connectivity index (χ1) is 16.5. The van der Waals surface area contributed by atoms with Crippen molar-refractivity contribution >= 4 is 23.7 Å². The molecule has 0 heterocycles. The van der Waals surface area contributed by atoms with Crippen LogP contribution in [0.15, 0.2) is 72.8 Å². The van der Waals surface area contributed by atoms with Crippen LogP contribution in [0.2, 0.25) is 0 Å². The SMILES string of the molecule is COc1ccc(/C=C/C(=O)c2ccc(C(=O)/C=C/c3ccc(OC)c(OC)c3)cc2)cc1OC. The first-order valence-corrected chi connectivity index (χ1v) is 10.5. The lowest BCUT2D eigenvalue weighted by molar-refractivity contribution is 0.103. The average Bonchev–Trinajstić information content (AvgIpc) is 2.89. The van der Waals surface area contributed by atoms with Crippen LogP contribution >= 0.6 is 0 Å². The zero-order valence-electron chi connectivity index (χ0n) is 19.5. The second kappa shape index (κ2) is 11.5. The van der Waals surface area contributed by atoms with E-state index < -0.39 is 0 Å². The summed E-state index contributed by atoms with van der Waals surface area (Å²) in [6, 6.07) is 17.3. The molecule has 0 bridgehead atoms. The first-order valence-electron chi connectivity index (χ1n) is 10.5. The van der Waals surface area contributed by atoms with Gasteiger partial charge in [0.15, 0.2) is 34.6 Å². The molecule has 3 rings (SSSR count). The minimum absolute atomic E-state index is 0.172. The molecular weight excluding hydrogens is 432 g/mol. The number of hydrogen-bond acceptors (Lipinski definition) is 6. The third-order valence-electron chi connectivity index (χ3n) is 5.12. The van der Waals surface area contributed by atoms with Gasteiger partial charge < -0.3 is 18.9 Å². The summed E-state index contributed by atoms with van der Waals surface area (Å²) in [6.45, 7) is 0. The molecule has 0 N–H and O–H groups in total. The Morgan fingerprint density at radius 2 is 0.882 bits per heavy atom. The molecule has 0 aromatic heterocycles. The molecule has 6 nitrogen and oxygen atoms in total. The predicted octanol–water partition coefficient (Wildman–Crippen LogP) is 5.51. The number of ether oxygens (including phenoxy) is 4. The number of benzene rings is 3. The highest BCUT2D eigenvalue weighted by atomic mass is 16.5. The maximum Gasteiger partial charge on any atom is 0.185 e. The van der Waals surface area contributed by atoms with Gasteiger partial charge in [-0.1, -0.05) is 48.6 Å². The Labute approximate surface area is 199 Å². The van der Waals surface area contributed by atoms with Crippen LogP contribution in [0.4, 0.5) is 0 Å².